The molecule has 4 aliphatic carbocycles. The molecule has 5 rings (SSSR count). The minimum Gasteiger partial charge on any atom is -0.481 e. The van der Waals surface area contributed by atoms with Gasteiger partial charge in [0.2, 0.25) is 0 Å². The first kappa shape index (κ1) is 26.1. The first-order valence-electron chi connectivity index (χ1n) is 14.1. The summed E-state index contributed by atoms with van der Waals surface area (Å²) < 4.78 is 12.7. The molecule has 3 unspecified atom stereocenters. The van der Waals surface area contributed by atoms with Gasteiger partial charge < -0.3 is 19.4 Å². The summed E-state index contributed by atoms with van der Waals surface area (Å²) in [6.07, 6.45) is 8.66. The summed E-state index contributed by atoms with van der Waals surface area (Å²) in [5, 5.41) is 11.1. The number of hydrogen-bond acceptors (Lipinski definition) is 5. The van der Waals surface area contributed by atoms with Crippen molar-refractivity contribution in [3.63, 3.8) is 0 Å². The molecule has 1 saturated heterocycles. The summed E-state index contributed by atoms with van der Waals surface area (Å²) in [5.41, 5.74) is -0.378. The van der Waals surface area contributed by atoms with E-state index in [0.29, 0.717) is 44.1 Å². The lowest BCUT2D eigenvalue weighted by atomic mass is 9.43. The van der Waals surface area contributed by atoms with Crippen molar-refractivity contribution in [2.24, 2.45) is 45.8 Å². The number of carboxylic acids is 1. The summed E-state index contributed by atoms with van der Waals surface area (Å²) in [5.74, 6) is 0.335. The van der Waals surface area contributed by atoms with E-state index < -0.39 is 22.2 Å². The van der Waals surface area contributed by atoms with Crippen molar-refractivity contribution in [1.82, 2.24) is 4.90 Å². The van der Waals surface area contributed by atoms with Crippen molar-refractivity contribution < 1.29 is 24.2 Å². The standard InChI is InChI=1S/C30H45NO5/c1-18(2)9-10-31-14-26(35-15-21(31)6)36-17-29-13-23-20(5)7-8-24(23)28(16-32)12-22(29)11-25(19(3)4)30(28,29)27(33)34/h9,11,16,19-24,26H,7-8,10,12-15,17H2,1-6H3,(H,33,34)/t20-,21-,22?,23-,24-,26+,28?,29?,30+/m1/s1. The van der Waals surface area contributed by atoms with Crippen LogP contribution in [0.15, 0.2) is 23.3 Å². The predicted octanol–water partition coefficient (Wildman–Crippen LogP) is 4.94. The first-order valence-corrected chi connectivity index (χ1v) is 14.1. The molecule has 4 fully saturated rings. The second kappa shape index (κ2) is 9.06. The number of nitrogens with zero attached hydrogens (tertiary/aromatic N) is 1. The summed E-state index contributed by atoms with van der Waals surface area (Å²) in [6, 6.07) is 0.304. The number of carbonyl (C=O) groups excluding carboxylic acids is 1. The van der Waals surface area contributed by atoms with Crippen molar-refractivity contribution in [3.05, 3.63) is 23.3 Å². The Balaban J connectivity index is 1.50. The Hall–Kier alpha value is -1.50. The van der Waals surface area contributed by atoms with Crippen LogP contribution < -0.4 is 0 Å². The van der Waals surface area contributed by atoms with Gasteiger partial charge in [0, 0.05) is 18.0 Å². The quantitative estimate of drug-likeness (QED) is 0.377. The SMILES string of the molecule is CC(C)=CCN1C[C@H](OCC23C[C@@H]4[C@H](C)CC[C@H]4C4(C=O)CC2C=C(C(C)C)[C@@]34C(=O)O)OC[C@H]1C. The predicted molar refractivity (Wildman–Crippen MR) is 138 cm³/mol. The highest BCUT2D eigenvalue weighted by Crippen LogP contribution is 2.82. The Labute approximate surface area is 216 Å². The Morgan fingerprint density at radius 1 is 1.28 bits per heavy atom. The average Bonchev–Trinajstić information content (AvgIpc) is 3.40. The fraction of sp³-hybridized carbons (Fsp3) is 0.800. The van der Waals surface area contributed by atoms with E-state index in [9.17, 15) is 14.7 Å². The van der Waals surface area contributed by atoms with Crippen LogP contribution in [0, 0.1) is 45.8 Å². The van der Waals surface area contributed by atoms with Gasteiger partial charge in [-0.05, 0) is 69.6 Å². The Morgan fingerprint density at radius 2 is 2.03 bits per heavy atom. The van der Waals surface area contributed by atoms with E-state index in [4.69, 9.17) is 9.47 Å². The summed E-state index contributed by atoms with van der Waals surface area (Å²) >= 11 is 0. The van der Waals surface area contributed by atoms with Crippen LogP contribution in [0.5, 0.6) is 0 Å². The molecule has 0 aromatic rings. The van der Waals surface area contributed by atoms with Crippen LogP contribution in [0.25, 0.3) is 0 Å². The van der Waals surface area contributed by atoms with Gasteiger partial charge in [0.1, 0.15) is 11.7 Å². The van der Waals surface area contributed by atoms with Crippen molar-refractivity contribution in [2.45, 2.75) is 79.6 Å². The van der Waals surface area contributed by atoms with E-state index in [0.717, 1.165) is 37.7 Å². The minimum absolute atomic E-state index is 0.0540. The van der Waals surface area contributed by atoms with Crippen molar-refractivity contribution >= 4 is 12.3 Å². The molecule has 3 saturated carbocycles. The van der Waals surface area contributed by atoms with E-state index in [-0.39, 0.29) is 24.0 Å². The molecule has 36 heavy (non-hydrogen) atoms. The maximum Gasteiger partial charge on any atom is 0.315 e. The van der Waals surface area contributed by atoms with Crippen LogP contribution in [-0.2, 0) is 19.1 Å². The van der Waals surface area contributed by atoms with Gasteiger partial charge in [-0.2, -0.15) is 0 Å². The molecule has 6 nitrogen and oxygen atoms in total. The smallest absolute Gasteiger partial charge is 0.315 e. The second-order valence-electron chi connectivity index (χ2n) is 13.1. The van der Waals surface area contributed by atoms with Gasteiger partial charge in [0.25, 0.3) is 0 Å². The zero-order chi connectivity index (χ0) is 26.0. The Kier molecular flexibility index (Phi) is 6.57. The fourth-order valence-corrected chi connectivity index (χ4v) is 9.31. The van der Waals surface area contributed by atoms with Gasteiger partial charge in [-0.3, -0.25) is 9.69 Å². The Bertz CT molecular complexity index is 968. The molecular formula is C30H45NO5. The third-order valence-electron chi connectivity index (χ3n) is 10.9. The maximum atomic E-state index is 13.5. The molecule has 0 aromatic carbocycles. The van der Waals surface area contributed by atoms with E-state index in [1.54, 1.807) is 0 Å². The molecule has 6 heteroatoms. The lowest BCUT2D eigenvalue weighted by molar-refractivity contribution is -0.227. The summed E-state index contributed by atoms with van der Waals surface area (Å²) in [4.78, 5) is 29.1. The molecule has 5 aliphatic rings. The zero-order valence-electron chi connectivity index (χ0n) is 23.0. The van der Waals surface area contributed by atoms with Gasteiger partial charge in [-0.25, -0.2) is 0 Å². The molecule has 0 radical (unpaired) electrons. The zero-order valence-corrected chi connectivity index (χ0v) is 23.0. The molecule has 1 aliphatic heterocycles. The van der Waals surface area contributed by atoms with Crippen LogP contribution in [0.4, 0.5) is 0 Å². The van der Waals surface area contributed by atoms with Crippen LogP contribution in [-0.4, -0.2) is 60.9 Å². The number of morpholine rings is 1. The van der Waals surface area contributed by atoms with Gasteiger partial charge in [-0.1, -0.05) is 50.5 Å². The number of carbonyl (C=O) groups is 2. The highest BCUT2D eigenvalue weighted by Gasteiger charge is 2.84. The third kappa shape index (κ3) is 3.32. The highest BCUT2D eigenvalue weighted by atomic mass is 16.7. The largest absolute Gasteiger partial charge is 0.481 e. The first-order chi connectivity index (χ1) is 17.0. The van der Waals surface area contributed by atoms with E-state index in [1.807, 2.05) is 0 Å². The average molecular weight is 500 g/mol. The van der Waals surface area contributed by atoms with Crippen LogP contribution in [0.1, 0.15) is 67.2 Å². The normalized spacial score (nSPS) is 45.5. The van der Waals surface area contributed by atoms with Gasteiger partial charge in [0.05, 0.1) is 25.2 Å². The van der Waals surface area contributed by atoms with Gasteiger partial charge in [-0.15, -0.1) is 0 Å². The van der Waals surface area contributed by atoms with Gasteiger partial charge in [0.15, 0.2) is 6.29 Å². The number of carboxylic acid groups (broad SMARTS) is 1. The number of ether oxygens (including phenoxy) is 2. The molecule has 0 aromatic heterocycles. The molecule has 0 amide bonds. The summed E-state index contributed by atoms with van der Waals surface area (Å²) in [6.45, 7) is 15.3. The third-order valence-corrected chi connectivity index (χ3v) is 10.9. The molecule has 1 heterocycles. The molecule has 4 bridgehead atoms. The van der Waals surface area contributed by atoms with E-state index in [1.165, 1.54) is 5.57 Å². The monoisotopic (exact) mass is 499 g/mol. The van der Waals surface area contributed by atoms with E-state index >= 15 is 0 Å². The minimum atomic E-state index is -1.19. The van der Waals surface area contributed by atoms with Crippen LogP contribution >= 0.6 is 0 Å². The molecule has 0 spiro atoms. The number of allylic oxidation sites excluding steroid dienone is 2. The van der Waals surface area contributed by atoms with Crippen LogP contribution in [0.2, 0.25) is 0 Å². The Morgan fingerprint density at radius 3 is 2.67 bits per heavy atom. The lowest BCUT2D eigenvalue weighted by Gasteiger charge is -2.58. The molecule has 200 valence electrons. The van der Waals surface area contributed by atoms with Crippen molar-refractivity contribution in [3.8, 4) is 0 Å². The maximum absolute atomic E-state index is 13.5. The number of aldehydes is 1. The summed E-state index contributed by atoms with van der Waals surface area (Å²) in [7, 11) is 0. The molecule has 1 N–H and O–H groups in total. The molecular weight excluding hydrogens is 454 g/mol. The second-order valence-corrected chi connectivity index (χ2v) is 13.1. The van der Waals surface area contributed by atoms with Crippen LogP contribution in [0.3, 0.4) is 0 Å². The fourth-order valence-electron chi connectivity index (χ4n) is 9.31. The topological polar surface area (TPSA) is 76.1 Å². The van der Waals surface area contributed by atoms with E-state index in [2.05, 4.69) is 58.6 Å². The number of hydrogen-bond donors (Lipinski definition) is 1. The lowest BCUT2D eigenvalue weighted by Crippen LogP contribution is -2.64. The molecule has 9 atom stereocenters. The van der Waals surface area contributed by atoms with Crippen molar-refractivity contribution in [2.75, 3.05) is 26.3 Å². The van der Waals surface area contributed by atoms with Gasteiger partial charge >= 0.3 is 5.97 Å². The number of fused-ring (bicyclic) bond motifs is 2. The van der Waals surface area contributed by atoms with Crippen molar-refractivity contribution in [1.29, 1.82) is 0 Å². The highest BCUT2D eigenvalue weighted by molar-refractivity contribution is 5.90. The number of rotatable bonds is 8. The number of aliphatic carboxylic acids is 1.